The first-order chi connectivity index (χ1) is 9.08. The summed E-state index contributed by atoms with van der Waals surface area (Å²) in [4.78, 5) is 22.5. The average Bonchev–Trinajstić information content (AvgIpc) is 3.18. The summed E-state index contributed by atoms with van der Waals surface area (Å²) in [5.74, 6) is 0.919. The molecule has 0 spiro atoms. The van der Waals surface area contributed by atoms with Crippen LogP contribution in [0, 0.1) is 17.8 Å². The maximum Gasteiger partial charge on any atom is 0.303 e. The van der Waals surface area contributed by atoms with Gasteiger partial charge in [-0.3, -0.25) is 9.59 Å². The highest BCUT2D eigenvalue weighted by atomic mass is 16.4. The molecule has 0 aromatic heterocycles. The molecule has 2 N–H and O–H groups in total. The van der Waals surface area contributed by atoms with Gasteiger partial charge in [0.1, 0.15) is 0 Å². The smallest absolute Gasteiger partial charge is 0.303 e. The molecule has 2 fully saturated rings. The Morgan fingerprint density at radius 1 is 1.26 bits per heavy atom. The van der Waals surface area contributed by atoms with Crippen molar-refractivity contribution in [2.24, 2.45) is 17.8 Å². The predicted molar refractivity (Wildman–Crippen MR) is 72.6 cm³/mol. The molecule has 0 aromatic carbocycles. The van der Waals surface area contributed by atoms with E-state index in [9.17, 15) is 9.59 Å². The maximum absolute atomic E-state index is 12.1. The van der Waals surface area contributed by atoms with Crippen LogP contribution in [0.25, 0.3) is 0 Å². The van der Waals surface area contributed by atoms with Crippen molar-refractivity contribution < 1.29 is 14.7 Å². The molecule has 0 radical (unpaired) electrons. The van der Waals surface area contributed by atoms with Gasteiger partial charge in [-0.25, -0.2) is 0 Å². The highest BCUT2D eigenvalue weighted by Gasteiger charge is 2.47. The molecule has 19 heavy (non-hydrogen) atoms. The Morgan fingerprint density at radius 2 is 1.95 bits per heavy atom. The van der Waals surface area contributed by atoms with Gasteiger partial charge in [-0.15, -0.1) is 0 Å². The van der Waals surface area contributed by atoms with Gasteiger partial charge >= 0.3 is 5.97 Å². The van der Waals surface area contributed by atoms with Crippen LogP contribution in [0.2, 0.25) is 0 Å². The van der Waals surface area contributed by atoms with Crippen molar-refractivity contribution in [3.8, 4) is 0 Å². The summed E-state index contributed by atoms with van der Waals surface area (Å²) in [5.41, 5.74) is 0. The van der Waals surface area contributed by atoms with E-state index in [0.29, 0.717) is 12.3 Å². The number of carbonyl (C=O) groups is 2. The van der Waals surface area contributed by atoms with Crippen LogP contribution in [0.5, 0.6) is 0 Å². The Kier molecular flexibility index (Phi) is 4.83. The van der Waals surface area contributed by atoms with Crippen LogP contribution in [0.15, 0.2) is 0 Å². The number of amides is 1. The molecule has 0 bridgehead atoms. The maximum atomic E-state index is 12.1. The number of carboxylic acids is 1. The molecule has 3 atom stereocenters. The highest BCUT2D eigenvalue weighted by molar-refractivity contribution is 5.81. The van der Waals surface area contributed by atoms with Crippen LogP contribution in [-0.4, -0.2) is 23.0 Å². The number of aliphatic carboxylic acids is 1. The molecular weight excluding hydrogens is 242 g/mol. The van der Waals surface area contributed by atoms with E-state index in [1.54, 1.807) is 0 Å². The third kappa shape index (κ3) is 4.22. The topological polar surface area (TPSA) is 66.4 Å². The largest absolute Gasteiger partial charge is 0.481 e. The van der Waals surface area contributed by atoms with Gasteiger partial charge in [0, 0.05) is 18.4 Å². The number of hydrogen-bond donors (Lipinski definition) is 2. The van der Waals surface area contributed by atoms with Gasteiger partial charge in [0.25, 0.3) is 0 Å². The van der Waals surface area contributed by atoms with E-state index < -0.39 is 5.97 Å². The van der Waals surface area contributed by atoms with E-state index in [4.69, 9.17) is 5.11 Å². The molecule has 0 aliphatic heterocycles. The summed E-state index contributed by atoms with van der Waals surface area (Å²) in [5, 5.41) is 11.6. The minimum absolute atomic E-state index is 0.0313. The first-order valence-corrected chi connectivity index (χ1v) is 7.60. The molecule has 2 aliphatic carbocycles. The minimum Gasteiger partial charge on any atom is -0.481 e. The van der Waals surface area contributed by atoms with Gasteiger partial charge in [-0.05, 0) is 31.6 Å². The summed E-state index contributed by atoms with van der Waals surface area (Å²) in [7, 11) is 0. The lowest BCUT2D eigenvalue weighted by Crippen LogP contribution is -2.34. The molecular formula is C15H25NO3. The SMILES string of the molecule is CC(CCC(=O)O)NC(=O)C1CC1C1CCCCC1. The monoisotopic (exact) mass is 267 g/mol. The second-order valence-electron chi connectivity index (χ2n) is 6.25. The standard InChI is InChI=1S/C15H25NO3/c1-10(7-8-14(17)18)16-15(19)13-9-12(13)11-5-3-2-4-6-11/h10-13H,2-9H2,1H3,(H,16,19)(H,17,18). The van der Waals surface area contributed by atoms with Crippen molar-refractivity contribution in [2.45, 2.75) is 64.3 Å². The summed E-state index contributed by atoms with van der Waals surface area (Å²) in [6, 6.07) is -0.0313. The van der Waals surface area contributed by atoms with Gasteiger partial charge in [-0.2, -0.15) is 0 Å². The Bertz CT molecular complexity index is 336. The summed E-state index contributed by atoms with van der Waals surface area (Å²) < 4.78 is 0. The van der Waals surface area contributed by atoms with Gasteiger partial charge in [0.15, 0.2) is 0 Å². The molecule has 0 heterocycles. The van der Waals surface area contributed by atoms with Crippen molar-refractivity contribution in [2.75, 3.05) is 0 Å². The highest BCUT2D eigenvalue weighted by Crippen LogP contribution is 2.49. The summed E-state index contributed by atoms with van der Waals surface area (Å²) >= 11 is 0. The Balaban J connectivity index is 1.68. The second-order valence-corrected chi connectivity index (χ2v) is 6.25. The molecule has 0 saturated heterocycles. The zero-order valence-corrected chi connectivity index (χ0v) is 11.7. The van der Waals surface area contributed by atoms with Crippen molar-refractivity contribution in [1.82, 2.24) is 5.32 Å². The van der Waals surface area contributed by atoms with Crippen molar-refractivity contribution >= 4 is 11.9 Å². The quantitative estimate of drug-likeness (QED) is 0.777. The first kappa shape index (κ1) is 14.4. The lowest BCUT2D eigenvalue weighted by atomic mass is 9.85. The Labute approximate surface area is 115 Å². The van der Waals surface area contributed by atoms with Crippen LogP contribution in [0.3, 0.4) is 0 Å². The fourth-order valence-electron chi connectivity index (χ4n) is 3.36. The van der Waals surface area contributed by atoms with Crippen LogP contribution < -0.4 is 5.32 Å². The Morgan fingerprint density at radius 3 is 2.58 bits per heavy atom. The van der Waals surface area contributed by atoms with Crippen molar-refractivity contribution in [3.05, 3.63) is 0 Å². The average molecular weight is 267 g/mol. The number of carbonyl (C=O) groups excluding carboxylic acids is 1. The number of hydrogen-bond acceptors (Lipinski definition) is 2. The van der Waals surface area contributed by atoms with E-state index in [2.05, 4.69) is 5.32 Å². The van der Waals surface area contributed by atoms with Crippen LogP contribution in [-0.2, 0) is 9.59 Å². The van der Waals surface area contributed by atoms with E-state index in [1.807, 2.05) is 6.92 Å². The number of carboxylic acid groups (broad SMARTS) is 1. The zero-order valence-electron chi connectivity index (χ0n) is 11.7. The van der Waals surface area contributed by atoms with Crippen molar-refractivity contribution in [1.29, 1.82) is 0 Å². The second kappa shape index (κ2) is 6.40. The molecule has 4 heteroatoms. The minimum atomic E-state index is -0.799. The Hall–Kier alpha value is -1.06. The van der Waals surface area contributed by atoms with Gasteiger partial charge < -0.3 is 10.4 Å². The molecule has 4 nitrogen and oxygen atoms in total. The van der Waals surface area contributed by atoms with Gasteiger partial charge in [0.05, 0.1) is 0 Å². The molecule has 2 rings (SSSR count). The van der Waals surface area contributed by atoms with Gasteiger partial charge in [0.2, 0.25) is 5.91 Å². The normalized spacial score (nSPS) is 28.7. The molecule has 108 valence electrons. The summed E-state index contributed by atoms with van der Waals surface area (Å²) in [6.07, 6.45) is 8.27. The predicted octanol–water partition coefficient (Wildman–Crippen LogP) is 2.57. The fraction of sp³-hybridized carbons (Fsp3) is 0.867. The number of rotatable bonds is 6. The van der Waals surface area contributed by atoms with Crippen LogP contribution in [0.4, 0.5) is 0 Å². The molecule has 3 unspecified atom stereocenters. The third-order valence-electron chi connectivity index (χ3n) is 4.61. The molecule has 2 aliphatic rings. The molecule has 0 aromatic rings. The molecule has 1 amide bonds. The van der Waals surface area contributed by atoms with E-state index in [-0.39, 0.29) is 24.3 Å². The van der Waals surface area contributed by atoms with Crippen LogP contribution >= 0.6 is 0 Å². The third-order valence-corrected chi connectivity index (χ3v) is 4.61. The van der Waals surface area contributed by atoms with Crippen molar-refractivity contribution in [3.63, 3.8) is 0 Å². The van der Waals surface area contributed by atoms with E-state index in [1.165, 1.54) is 32.1 Å². The van der Waals surface area contributed by atoms with Gasteiger partial charge in [-0.1, -0.05) is 32.1 Å². The summed E-state index contributed by atoms with van der Waals surface area (Å²) in [6.45, 7) is 1.89. The van der Waals surface area contributed by atoms with Crippen LogP contribution in [0.1, 0.15) is 58.3 Å². The van der Waals surface area contributed by atoms with E-state index in [0.717, 1.165) is 12.3 Å². The lowest BCUT2D eigenvalue weighted by Gasteiger charge is -2.21. The number of nitrogens with one attached hydrogen (secondary N) is 1. The lowest BCUT2D eigenvalue weighted by molar-refractivity contribution is -0.137. The first-order valence-electron chi connectivity index (χ1n) is 7.60. The molecule has 2 saturated carbocycles. The van der Waals surface area contributed by atoms with E-state index >= 15 is 0 Å². The fourth-order valence-corrected chi connectivity index (χ4v) is 3.36. The zero-order chi connectivity index (χ0) is 13.8.